The minimum atomic E-state index is -1.41. The summed E-state index contributed by atoms with van der Waals surface area (Å²) < 4.78 is 27.1. The van der Waals surface area contributed by atoms with Crippen LogP contribution in [0, 0.1) is 0 Å². The number of nitrogens with zero attached hydrogens (tertiary/aromatic N) is 4. The third-order valence-electron chi connectivity index (χ3n) is 6.65. The summed E-state index contributed by atoms with van der Waals surface area (Å²) in [4.78, 5) is 35.4. The summed E-state index contributed by atoms with van der Waals surface area (Å²) in [6, 6.07) is 7.60. The maximum atomic E-state index is 14.7. The van der Waals surface area contributed by atoms with Gasteiger partial charge in [-0.3, -0.25) is 9.36 Å². The average Bonchev–Trinajstić information content (AvgIpc) is 3.51. The maximum Gasteiger partial charge on any atom is 0.356 e. The van der Waals surface area contributed by atoms with E-state index in [4.69, 9.17) is 26.1 Å². The second kappa shape index (κ2) is 8.77. The van der Waals surface area contributed by atoms with Crippen molar-refractivity contribution >= 4 is 34.6 Å². The van der Waals surface area contributed by atoms with Crippen molar-refractivity contribution < 1.29 is 23.8 Å². The van der Waals surface area contributed by atoms with E-state index in [1.54, 1.807) is 6.92 Å². The molecule has 2 N–H and O–H groups in total. The number of pyridine rings is 1. The molecule has 0 fully saturated rings. The highest BCUT2D eigenvalue weighted by molar-refractivity contribution is 6.29. The number of benzene rings is 1. The van der Waals surface area contributed by atoms with E-state index >= 15 is 0 Å². The van der Waals surface area contributed by atoms with Crippen LogP contribution in [0.3, 0.4) is 0 Å². The molecule has 1 aromatic carbocycles. The van der Waals surface area contributed by atoms with E-state index in [2.05, 4.69) is 10.3 Å². The van der Waals surface area contributed by atoms with Crippen molar-refractivity contribution in [3.05, 3.63) is 74.6 Å². The van der Waals surface area contributed by atoms with E-state index in [1.165, 1.54) is 28.8 Å². The number of halogens is 2. The largest absolute Gasteiger partial charge is 0.476 e. The summed E-state index contributed by atoms with van der Waals surface area (Å²) in [6.07, 6.45) is -0.000711. The molecule has 0 saturated carbocycles. The summed E-state index contributed by atoms with van der Waals surface area (Å²) in [5, 5.41) is 12.6. The SMILES string of the molecule is C[C@@H](Nc1ccc(Cl)nc1C(=O)O)C1=CC(F)Cn2c1nc(N1Cc3ccc4c(c3C1)OCO4)cc2=O. The molecule has 5 heterocycles. The molecule has 12 heteroatoms. The summed E-state index contributed by atoms with van der Waals surface area (Å²) in [5.41, 5.74) is 2.04. The molecule has 1 unspecified atom stereocenters. The Hall–Kier alpha value is -4.12. The lowest BCUT2D eigenvalue weighted by Crippen LogP contribution is -2.35. The molecule has 0 radical (unpaired) electrons. The van der Waals surface area contributed by atoms with Crippen molar-refractivity contribution in [2.45, 2.75) is 38.8 Å². The number of fused-ring (bicyclic) bond motifs is 4. The van der Waals surface area contributed by atoms with Gasteiger partial charge in [0.15, 0.2) is 17.2 Å². The minimum Gasteiger partial charge on any atom is -0.476 e. The Balaban J connectivity index is 1.34. The molecule has 0 bridgehead atoms. The molecule has 10 nitrogen and oxygen atoms in total. The molecule has 0 saturated heterocycles. The number of aromatic carboxylic acids is 1. The number of anilines is 2. The topological polar surface area (TPSA) is 119 Å². The molecule has 0 amide bonds. The van der Waals surface area contributed by atoms with Gasteiger partial charge in [0, 0.05) is 30.3 Å². The predicted molar refractivity (Wildman–Crippen MR) is 133 cm³/mol. The fourth-order valence-electron chi connectivity index (χ4n) is 4.92. The zero-order chi connectivity index (χ0) is 25.8. The molecule has 3 aromatic rings. The van der Waals surface area contributed by atoms with E-state index < -0.39 is 18.2 Å². The molecule has 2 aromatic heterocycles. The van der Waals surface area contributed by atoms with Crippen LogP contribution in [0.4, 0.5) is 15.9 Å². The Morgan fingerprint density at radius 1 is 1.24 bits per heavy atom. The monoisotopic (exact) mass is 525 g/mol. The second-order valence-corrected chi connectivity index (χ2v) is 9.41. The standard InChI is InChI=1S/C25H21ClFN5O5/c1-12(28-17-3-5-19(26)29-22(17)25(34)35)15-6-14(27)9-32-21(33)7-20(30-24(15)32)31-8-13-2-4-18-23(16(13)10-31)37-11-36-18/h2-7,12,14,28H,8-11H2,1H3,(H,34,35)/t12-,14?/m1/s1. The van der Waals surface area contributed by atoms with Crippen LogP contribution in [-0.2, 0) is 19.6 Å². The molecular weight excluding hydrogens is 505 g/mol. The normalized spacial score (nSPS) is 18.2. The summed E-state index contributed by atoms with van der Waals surface area (Å²) in [7, 11) is 0. The van der Waals surface area contributed by atoms with Crippen molar-refractivity contribution in [2.75, 3.05) is 17.0 Å². The number of nitrogens with one attached hydrogen (secondary N) is 1. The Kier molecular flexibility index (Phi) is 5.52. The van der Waals surface area contributed by atoms with Crippen molar-refractivity contribution in [1.82, 2.24) is 14.5 Å². The Labute approximate surface area is 214 Å². The zero-order valence-corrected chi connectivity index (χ0v) is 20.3. The van der Waals surface area contributed by atoms with Gasteiger partial charge in [-0.2, -0.15) is 0 Å². The lowest BCUT2D eigenvalue weighted by atomic mass is 10.0. The summed E-state index contributed by atoms with van der Waals surface area (Å²) in [5.74, 6) is 0.908. The molecule has 6 rings (SSSR count). The predicted octanol–water partition coefficient (Wildman–Crippen LogP) is 3.47. The Bertz CT molecular complexity index is 1540. The lowest BCUT2D eigenvalue weighted by molar-refractivity contribution is 0.0691. The number of aromatic nitrogens is 3. The maximum absolute atomic E-state index is 14.7. The first-order valence-electron chi connectivity index (χ1n) is 11.6. The van der Waals surface area contributed by atoms with Crippen LogP contribution in [0.1, 0.15) is 34.4 Å². The molecule has 0 aliphatic carbocycles. The molecule has 0 spiro atoms. The Morgan fingerprint density at radius 2 is 2.08 bits per heavy atom. The van der Waals surface area contributed by atoms with Gasteiger partial charge in [-0.1, -0.05) is 17.7 Å². The fourth-order valence-corrected chi connectivity index (χ4v) is 5.07. The molecule has 190 valence electrons. The van der Waals surface area contributed by atoms with Crippen LogP contribution in [0.5, 0.6) is 11.5 Å². The third kappa shape index (κ3) is 4.05. The first kappa shape index (κ1) is 23.3. The van der Waals surface area contributed by atoms with Gasteiger partial charge in [-0.25, -0.2) is 19.2 Å². The molecular formula is C25H21ClFN5O5. The van der Waals surface area contributed by atoms with Gasteiger partial charge in [-0.05, 0) is 36.8 Å². The highest BCUT2D eigenvalue weighted by Crippen LogP contribution is 2.42. The van der Waals surface area contributed by atoms with Crippen molar-refractivity contribution in [1.29, 1.82) is 0 Å². The van der Waals surface area contributed by atoms with Crippen molar-refractivity contribution in [3.63, 3.8) is 0 Å². The van der Waals surface area contributed by atoms with Gasteiger partial charge in [-0.15, -0.1) is 0 Å². The summed E-state index contributed by atoms with van der Waals surface area (Å²) >= 11 is 5.86. The number of ether oxygens (including phenoxy) is 2. The molecule has 3 aliphatic rings. The number of hydrogen-bond donors (Lipinski definition) is 2. The zero-order valence-electron chi connectivity index (χ0n) is 19.6. The average molecular weight is 526 g/mol. The highest BCUT2D eigenvalue weighted by Gasteiger charge is 2.31. The first-order valence-corrected chi connectivity index (χ1v) is 12.0. The third-order valence-corrected chi connectivity index (χ3v) is 6.86. The Morgan fingerprint density at radius 3 is 2.89 bits per heavy atom. The molecule has 3 aliphatic heterocycles. The van der Waals surface area contributed by atoms with Gasteiger partial charge in [0.05, 0.1) is 18.3 Å². The molecule has 2 atom stereocenters. The van der Waals surface area contributed by atoms with E-state index in [-0.39, 0.29) is 35.4 Å². The van der Waals surface area contributed by atoms with Crippen molar-refractivity contribution in [2.24, 2.45) is 0 Å². The van der Waals surface area contributed by atoms with Gasteiger partial charge in [0.1, 0.15) is 23.0 Å². The highest BCUT2D eigenvalue weighted by atomic mass is 35.5. The number of hydrogen-bond acceptors (Lipinski definition) is 8. The van der Waals surface area contributed by atoms with Crippen LogP contribution >= 0.6 is 11.6 Å². The van der Waals surface area contributed by atoms with E-state index in [0.717, 1.165) is 11.1 Å². The number of alkyl halides is 1. The minimum absolute atomic E-state index is 0.0359. The number of allylic oxidation sites excluding steroid dienone is 1. The van der Waals surface area contributed by atoms with Gasteiger partial charge < -0.3 is 24.8 Å². The van der Waals surface area contributed by atoms with Crippen LogP contribution in [-0.4, -0.2) is 44.6 Å². The van der Waals surface area contributed by atoms with E-state index in [9.17, 15) is 19.1 Å². The number of rotatable bonds is 5. The van der Waals surface area contributed by atoms with Crippen LogP contribution < -0.4 is 25.2 Å². The second-order valence-electron chi connectivity index (χ2n) is 9.02. The number of carbonyl (C=O) groups is 1. The van der Waals surface area contributed by atoms with Gasteiger partial charge in [0.25, 0.3) is 5.56 Å². The van der Waals surface area contributed by atoms with Gasteiger partial charge >= 0.3 is 5.97 Å². The van der Waals surface area contributed by atoms with Crippen molar-refractivity contribution in [3.8, 4) is 11.5 Å². The number of carboxylic acid groups (broad SMARTS) is 1. The van der Waals surface area contributed by atoms with Crippen LogP contribution in [0.25, 0.3) is 5.57 Å². The quantitative estimate of drug-likeness (QED) is 0.482. The van der Waals surface area contributed by atoms with Gasteiger partial charge in [0.2, 0.25) is 6.79 Å². The van der Waals surface area contributed by atoms with E-state index in [0.29, 0.717) is 41.8 Å². The molecule has 37 heavy (non-hydrogen) atoms. The fraction of sp³-hybridized carbons (Fsp3) is 0.280. The van der Waals surface area contributed by atoms with E-state index in [1.807, 2.05) is 17.0 Å². The summed E-state index contributed by atoms with van der Waals surface area (Å²) in [6.45, 7) is 2.76. The van der Waals surface area contributed by atoms with Crippen LogP contribution in [0.15, 0.2) is 41.2 Å². The number of carboxylic acids is 1. The lowest BCUT2D eigenvalue weighted by Gasteiger charge is -2.28. The smallest absolute Gasteiger partial charge is 0.356 e. The van der Waals surface area contributed by atoms with Crippen LogP contribution in [0.2, 0.25) is 5.15 Å². The first-order chi connectivity index (χ1) is 17.8.